The van der Waals surface area contributed by atoms with E-state index in [1.165, 1.54) is 19.4 Å². The van der Waals surface area contributed by atoms with Gasteiger partial charge in [-0.25, -0.2) is 5.43 Å². The van der Waals surface area contributed by atoms with E-state index in [2.05, 4.69) is 17.5 Å². The number of hydrazone groups is 1. The van der Waals surface area contributed by atoms with Gasteiger partial charge in [-0.05, 0) is 42.3 Å². The molecule has 0 fully saturated rings. The Morgan fingerprint density at radius 3 is 2.64 bits per heavy atom. The molecule has 3 rings (SSSR count). The van der Waals surface area contributed by atoms with Gasteiger partial charge in [-0.2, -0.15) is 5.10 Å². The number of phenols is 1. The number of aromatic nitrogens is 1. The number of rotatable bonds is 10. The maximum Gasteiger partial charge on any atom is 0.280 e. The molecule has 0 radical (unpaired) electrons. The fourth-order valence-corrected chi connectivity index (χ4v) is 3.69. The van der Waals surface area contributed by atoms with Gasteiger partial charge in [-0.1, -0.05) is 44.7 Å². The summed E-state index contributed by atoms with van der Waals surface area (Å²) in [4.78, 5) is 26.0. The monoisotopic (exact) mass is 451 g/mol. The van der Waals surface area contributed by atoms with Crippen LogP contribution in [0.25, 0.3) is 10.9 Å². The number of carbonyl (C=O) groups is 1. The molecular weight excluding hydrogens is 422 g/mol. The number of hydrogen-bond donors (Lipinski definition) is 3. The van der Waals surface area contributed by atoms with Gasteiger partial charge in [0.05, 0.1) is 18.8 Å². The average Bonchev–Trinajstić information content (AvgIpc) is 2.82. The molecule has 0 spiro atoms. The van der Waals surface area contributed by atoms with E-state index in [1.807, 2.05) is 0 Å². The fourth-order valence-electron chi connectivity index (χ4n) is 3.69. The predicted molar refractivity (Wildman–Crippen MR) is 128 cm³/mol. The topological polar surface area (TPSA) is 113 Å². The Bertz CT molecular complexity index is 1220. The molecule has 33 heavy (non-hydrogen) atoms. The maximum absolute atomic E-state index is 13.2. The summed E-state index contributed by atoms with van der Waals surface area (Å²) < 4.78 is 6.59. The third kappa shape index (κ3) is 5.52. The summed E-state index contributed by atoms with van der Waals surface area (Å²) in [6.45, 7) is 2.60. The Balaban J connectivity index is 1.87. The Labute approximate surface area is 192 Å². The lowest BCUT2D eigenvalue weighted by Crippen LogP contribution is -2.31. The van der Waals surface area contributed by atoms with Crippen LogP contribution < -0.4 is 15.7 Å². The molecule has 0 aliphatic carbocycles. The van der Waals surface area contributed by atoms with Crippen LogP contribution in [0.5, 0.6) is 17.2 Å². The normalized spacial score (nSPS) is 11.2. The summed E-state index contributed by atoms with van der Waals surface area (Å²) in [6.07, 6.45) is 6.50. The van der Waals surface area contributed by atoms with Gasteiger partial charge in [0.25, 0.3) is 11.5 Å². The van der Waals surface area contributed by atoms with Crippen LogP contribution in [0.15, 0.2) is 52.4 Å². The smallest absolute Gasteiger partial charge is 0.280 e. The molecule has 0 saturated heterocycles. The van der Waals surface area contributed by atoms with Crippen LogP contribution in [0.1, 0.15) is 54.9 Å². The van der Waals surface area contributed by atoms with Crippen molar-refractivity contribution >= 4 is 23.0 Å². The number of fused-ring (bicyclic) bond motifs is 1. The van der Waals surface area contributed by atoms with Crippen molar-refractivity contribution in [2.24, 2.45) is 5.10 Å². The lowest BCUT2D eigenvalue weighted by Gasteiger charge is -2.14. The summed E-state index contributed by atoms with van der Waals surface area (Å²) >= 11 is 0. The second-order valence-corrected chi connectivity index (χ2v) is 7.74. The largest absolute Gasteiger partial charge is 0.506 e. The first kappa shape index (κ1) is 23.8. The van der Waals surface area contributed by atoms with Crippen LogP contribution in [0.3, 0.4) is 0 Å². The molecule has 8 heteroatoms. The number of methoxy groups -OCH3 is 1. The molecule has 3 N–H and O–H groups in total. The highest BCUT2D eigenvalue weighted by atomic mass is 16.5. The minimum Gasteiger partial charge on any atom is -0.506 e. The number of para-hydroxylation sites is 1. The molecule has 3 aromatic rings. The number of benzene rings is 2. The van der Waals surface area contributed by atoms with Crippen LogP contribution in [-0.2, 0) is 6.54 Å². The molecule has 174 valence electrons. The van der Waals surface area contributed by atoms with Gasteiger partial charge in [-0.15, -0.1) is 0 Å². The van der Waals surface area contributed by atoms with Crippen molar-refractivity contribution in [1.82, 2.24) is 9.99 Å². The third-order valence-electron chi connectivity index (χ3n) is 5.44. The van der Waals surface area contributed by atoms with Crippen LogP contribution in [0.2, 0.25) is 0 Å². The van der Waals surface area contributed by atoms with E-state index in [-0.39, 0.29) is 22.8 Å². The average molecular weight is 452 g/mol. The second kappa shape index (κ2) is 11.2. The summed E-state index contributed by atoms with van der Waals surface area (Å²) in [5.74, 6) is -0.920. The quantitative estimate of drug-likeness (QED) is 0.243. The highest BCUT2D eigenvalue weighted by Crippen LogP contribution is 2.27. The number of aryl methyl sites for hydroxylation is 1. The molecule has 1 amide bonds. The first-order chi connectivity index (χ1) is 16.0. The lowest BCUT2D eigenvalue weighted by atomic mass is 10.1. The van der Waals surface area contributed by atoms with Crippen molar-refractivity contribution in [2.45, 2.75) is 45.6 Å². The van der Waals surface area contributed by atoms with Crippen molar-refractivity contribution < 1.29 is 19.7 Å². The first-order valence-corrected chi connectivity index (χ1v) is 11.0. The highest BCUT2D eigenvalue weighted by molar-refractivity contribution is 6.02. The van der Waals surface area contributed by atoms with Crippen molar-refractivity contribution in [3.05, 3.63) is 63.9 Å². The second-order valence-electron chi connectivity index (χ2n) is 7.74. The molecule has 0 atom stereocenters. The zero-order chi connectivity index (χ0) is 23.8. The highest BCUT2D eigenvalue weighted by Gasteiger charge is 2.21. The summed E-state index contributed by atoms with van der Waals surface area (Å²) in [6, 6.07) is 11.6. The molecule has 8 nitrogen and oxygen atoms in total. The maximum atomic E-state index is 13.2. The van der Waals surface area contributed by atoms with Crippen LogP contribution in [-0.4, -0.2) is 34.0 Å². The van der Waals surface area contributed by atoms with E-state index in [4.69, 9.17) is 4.74 Å². The standard InChI is InChI=1S/C25H29N3O5/c1-3-4-5-6-9-14-28-19-11-8-7-10-18(19)23(30)22(25(28)32)24(31)27-26-16-17-12-13-20(29)21(15-17)33-2/h7-8,10-13,15-16,29-30H,3-6,9,14H2,1-2H3,(H,27,31). The molecular formula is C25H29N3O5. The van der Waals surface area contributed by atoms with Crippen molar-refractivity contribution in [1.29, 1.82) is 0 Å². The Kier molecular flexibility index (Phi) is 8.07. The molecule has 0 saturated carbocycles. The zero-order valence-corrected chi connectivity index (χ0v) is 18.9. The van der Waals surface area contributed by atoms with E-state index in [1.54, 1.807) is 41.0 Å². The molecule has 1 heterocycles. The van der Waals surface area contributed by atoms with E-state index in [9.17, 15) is 19.8 Å². The van der Waals surface area contributed by atoms with E-state index >= 15 is 0 Å². The van der Waals surface area contributed by atoms with E-state index in [0.29, 0.717) is 23.0 Å². The van der Waals surface area contributed by atoms with E-state index < -0.39 is 11.5 Å². The molecule has 0 aliphatic rings. The number of unbranched alkanes of at least 4 members (excludes halogenated alkanes) is 4. The van der Waals surface area contributed by atoms with Gasteiger partial charge >= 0.3 is 0 Å². The number of amides is 1. The third-order valence-corrected chi connectivity index (χ3v) is 5.44. The number of carbonyl (C=O) groups excluding carboxylic acids is 1. The van der Waals surface area contributed by atoms with Crippen molar-refractivity contribution in [2.75, 3.05) is 7.11 Å². The molecule has 0 unspecified atom stereocenters. The van der Waals surface area contributed by atoms with Gasteiger partial charge in [0.1, 0.15) is 11.3 Å². The van der Waals surface area contributed by atoms with Crippen molar-refractivity contribution in [3.8, 4) is 17.2 Å². The number of phenolic OH excluding ortho intramolecular Hbond substituents is 1. The van der Waals surface area contributed by atoms with E-state index in [0.717, 1.165) is 32.1 Å². The SMILES string of the molecule is CCCCCCCn1c(=O)c(C(=O)NN=Cc2ccc(O)c(OC)c2)c(O)c2ccccc21. The van der Waals surface area contributed by atoms with Gasteiger partial charge in [0.2, 0.25) is 0 Å². The number of nitrogens with zero attached hydrogens (tertiary/aromatic N) is 2. The summed E-state index contributed by atoms with van der Waals surface area (Å²) in [5.41, 5.74) is 2.57. The summed E-state index contributed by atoms with van der Waals surface area (Å²) in [5, 5.41) is 24.7. The molecule has 2 aromatic carbocycles. The van der Waals surface area contributed by atoms with Crippen LogP contribution in [0, 0.1) is 0 Å². The number of nitrogens with one attached hydrogen (secondary N) is 1. The number of aromatic hydroxyl groups is 2. The van der Waals surface area contributed by atoms with Crippen LogP contribution in [0.4, 0.5) is 0 Å². The minimum atomic E-state index is -0.801. The van der Waals surface area contributed by atoms with Crippen LogP contribution >= 0.6 is 0 Å². The lowest BCUT2D eigenvalue weighted by molar-refractivity contribution is 0.0950. The number of ether oxygens (including phenoxy) is 1. The summed E-state index contributed by atoms with van der Waals surface area (Å²) in [7, 11) is 1.43. The number of hydrogen-bond acceptors (Lipinski definition) is 6. The Hall–Kier alpha value is -3.81. The van der Waals surface area contributed by atoms with Gasteiger partial charge in [0, 0.05) is 11.9 Å². The molecule has 1 aromatic heterocycles. The number of pyridine rings is 1. The predicted octanol–water partition coefficient (Wildman–Crippen LogP) is 4.16. The van der Waals surface area contributed by atoms with Gasteiger partial charge < -0.3 is 19.5 Å². The minimum absolute atomic E-state index is 0.0185. The molecule has 0 bridgehead atoms. The Morgan fingerprint density at radius 2 is 1.88 bits per heavy atom. The van der Waals surface area contributed by atoms with Gasteiger partial charge in [0.15, 0.2) is 11.5 Å². The fraction of sp³-hybridized carbons (Fsp3) is 0.320. The zero-order valence-electron chi connectivity index (χ0n) is 18.9. The Morgan fingerprint density at radius 1 is 1.12 bits per heavy atom. The first-order valence-electron chi connectivity index (χ1n) is 11.0. The van der Waals surface area contributed by atoms with Crippen molar-refractivity contribution in [3.63, 3.8) is 0 Å². The molecule has 0 aliphatic heterocycles. The van der Waals surface area contributed by atoms with Gasteiger partial charge in [-0.3, -0.25) is 9.59 Å².